The maximum absolute atomic E-state index is 12.2. The van der Waals surface area contributed by atoms with Crippen molar-refractivity contribution >= 4 is 28.9 Å². The number of halogens is 1. The van der Waals surface area contributed by atoms with Gasteiger partial charge in [-0.2, -0.15) is 0 Å². The van der Waals surface area contributed by atoms with Gasteiger partial charge in [0.2, 0.25) is 0 Å². The number of aryl methyl sites for hydroxylation is 1. The van der Waals surface area contributed by atoms with E-state index in [2.05, 4.69) is 16.3 Å². The van der Waals surface area contributed by atoms with E-state index >= 15 is 0 Å². The van der Waals surface area contributed by atoms with Crippen LogP contribution in [0.25, 0.3) is 0 Å². The topological polar surface area (TPSA) is 50.8 Å². The number of hydrogen-bond donors (Lipinski definition) is 1. The third kappa shape index (κ3) is 4.87. The second-order valence-electron chi connectivity index (χ2n) is 5.89. The van der Waals surface area contributed by atoms with Gasteiger partial charge in [0.15, 0.2) is 6.61 Å². The van der Waals surface area contributed by atoms with Crippen LogP contribution in [0.1, 0.15) is 5.56 Å². The van der Waals surface area contributed by atoms with E-state index in [0.717, 1.165) is 43.2 Å². The van der Waals surface area contributed by atoms with Gasteiger partial charge in [0.25, 0.3) is 5.91 Å². The Morgan fingerprint density at radius 1 is 1.20 bits per heavy atom. The number of carbonyl (C=O) groups excluding carboxylic acids is 1. The molecule has 1 heterocycles. The number of rotatable bonds is 5. The molecule has 1 N–H and O–H groups in total. The Hall–Kier alpha value is -2.24. The molecule has 0 radical (unpaired) electrons. The van der Waals surface area contributed by atoms with E-state index in [9.17, 15) is 4.79 Å². The summed E-state index contributed by atoms with van der Waals surface area (Å²) in [5.41, 5.74) is 2.90. The predicted molar refractivity (Wildman–Crippen MR) is 99.8 cm³/mol. The van der Waals surface area contributed by atoms with Crippen molar-refractivity contribution < 1.29 is 14.3 Å². The molecule has 0 spiro atoms. The molecular weight excluding hydrogens is 340 g/mol. The summed E-state index contributed by atoms with van der Waals surface area (Å²) in [6, 6.07) is 13.0. The van der Waals surface area contributed by atoms with Gasteiger partial charge < -0.3 is 19.7 Å². The van der Waals surface area contributed by atoms with Crippen molar-refractivity contribution in [2.24, 2.45) is 0 Å². The number of anilines is 2. The fraction of sp³-hybridized carbons (Fsp3) is 0.316. The molecule has 1 fully saturated rings. The van der Waals surface area contributed by atoms with Gasteiger partial charge in [-0.3, -0.25) is 4.79 Å². The molecule has 1 aliphatic rings. The number of nitrogens with zero attached hydrogens (tertiary/aromatic N) is 1. The molecule has 0 aliphatic carbocycles. The molecule has 25 heavy (non-hydrogen) atoms. The number of morpholine rings is 1. The molecule has 1 amide bonds. The van der Waals surface area contributed by atoms with Crippen molar-refractivity contribution in [3.05, 3.63) is 53.1 Å². The summed E-state index contributed by atoms with van der Waals surface area (Å²) in [6.45, 7) is 5.09. The molecule has 3 rings (SSSR count). The Bertz CT molecular complexity index is 728. The van der Waals surface area contributed by atoms with Crippen LogP contribution >= 0.6 is 11.6 Å². The first-order valence-electron chi connectivity index (χ1n) is 8.23. The van der Waals surface area contributed by atoms with E-state index < -0.39 is 0 Å². The fourth-order valence-electron chi connectivity index (χ4n) is 2.63. The van der Waals surface area contributed by atoms with E-state index in [1.54, 1.807) is 24.3 Å². The number of hydrogen-bond acceptors (Lipinski definition) is 4. The van der Waals surface area contributed by atoms with Gasteiger partial charge in [-0.25, -0.2) is 0 Å². The Kier molecular flexibility index (Phi) is 5.79. The number of amides is 1. The van der Waals surface area contributed by atoms with Crippen molar-refractivity contribution in [2.45, 2.75) is 6.92 Å². The molecule has 1 saturated heterocycles. The minimum Gasteiger partial charge on any atom is -0.484 e. The molecule has 1 aliphatic heterocycles. The lowest BCUT2D eigenvalue weighted by Gasteiger charge is -2.29. The van der Waals surface area contributed by atoms with E-state index in [4.69, 9.17) is 21.1 Å². The van der Waals surface area contributed by atoms with Gasteiger partial charge in [0.1, 0.15) is 5.75 Å². The molecule has 0 aromatic heterocycles. The second kappa shape index (κ2) is 8.23. The highest BCUT2D eigenvalue weighted by atomic mass is 35.5. The Morgan fingerprint density at radius 2 is 1.92 bits per heavy atom. The smallest absolute Gasteiger partial charge is 0.262 e. The molecule has 2 aromatic carbocycles. The molecule has 5 nitrogen and oxygen atoms in total. The van der Waals surface area contributed by atoms with Crippen LogP contribution < -0.4 is 15.0 Å². The molecule has 6 heteroatoms. The van der Waals surface area contributed by atoms with E-state index in [1.807, 2.05) is 19.1 Å². The van der Waals surface area contributed by atoms with Crippen molar-refractivity contribution in [3.63, 3.8) is 0 Å². The molecule has 2 aromatic rings. The normalized spacial score (nSPS) is 14.2. The zero-order chi connectivity index (χ0) is 17.6. The maximum Gasteiger partial charge on any atom is 0.262 e. The first kappa shape index (κ1) is 17.6. The minimum atomic E-state index is -0.197. The van der Waals surface area contributed by atoms with Gasteiger partial charge in [-0.05, 0) is 48.9 Å². The van der Waals surface area contributed by atoms with Gasteiger partial charge in [0.05, 0.1) is 13.2 Å². The lowest BCUT2D eigenvalue weighted by Crippen LogP contribution is -2.36. The third-order valence-electron chi connectivity index (χ3n) is 4.06. The quantitative estimate of drug-likeness (QED) is 0.886. The monoisotopic (exact) mass is 360 g/mol. The summed E-state index contributed by atoms with van der Waals surface area (Å²) in [4.78, 5) is 14.4. The van der Waals surface area contributed by atoms with Gasteiger partial charge in [0, 0.05) is 29.5 Å². The molecular formula is C19H21ClN2O3. The summed E-state index contributed by atoms with van der Waals surface area (Å²) < 4.78 is 10.9. The zero-order valence-corrected chi connectivity index (χ0v) is 14.9. The van der Waals surface area contributed by atoms with E-state index in [1.165, 1.54) is 0 Å². The van der Waals surface area contributed by atoms with Crippen LogP contribution in [0.3, 0.4) is 0 Å². The summed E-state index contributed by atoms with van der Waals surface area (Å²) in [6.07, 6.45) is 0. The Balaban J connectivity index is 1.60. The van der Waals surface area contributed by atoms with Gasteiger partial charge in [-0.15, -0.1) is 0 Å². The largest absolute Gasteiger partial charge is 0.484 e. The average Bonchev–Trinajstić information content (AvgIpc) is 2.64. The first-order valence-corrected chi connectivity index (χ1v) is 8.61. The summed E-state index contributed by atoms with van der Waals surface area (Å²) in [5, 5.41) is 3.56. The standard InChI is InChI=1S/C19H21ClN2O3/c1-14-2-5-16(22-8-10-24-11-9-22)12-18(14)21-19(23)13-25-17-6-3-15(20)4-7-17/h2-7,12H,8-11,13H2,1H3,(H,21,23). The van der Waals surface area contributed by atoms with Crippen LogP contribution in [0.4, 0.5) is 11.4 Å². The fourth-order valence-corrected chi connectivity index (χ4v) is 2.75. The van der Waals surface area contributed by atoms with Crippen LogP contribution in [0.15, 0.2) is 42.5 Å². The summed E-state index contributed by atoms with van der Waals surface area (Å²) in [7, 11) is 0. The van der Waals surface area contributed by atoms with Crippen LogP contribution in [0.5, 0.6) is 5.75 Å². The molecule has 0 bridgehead atoms. The zero-order valence-electron chi connectivity index (χ0n) is 14.1. The van der Waals surface area contributed by atoms with Gasteiger partial charge >= 0.3 is 0 Å². The van der Waals surface area contributed by atoms with E-state index in [-0.39, 0.29) is 12.5 Å². The summed E-state index contributed by atoms with van der Waals surface area (Å²) in [5.74, 6) is 0.413. The van der Waals surface area contributed by atoms with Crippen molar-refractivity contribution in [2.75, 3.05) is 43.1 Å². The lowest BCUT2D eigenvalue weighted by molar-refractivity contribution is -0.118. The van der Waals surface area contributed by atoms with Gasteiger partial charge in [-0.1, -0.05) is 17.7 Å². The molecule has 0 unspecified atom stereocenters. The molecule has 0 saturated carbocycles. The Morgan fingerprint density at radius 3 is 2.64 bits per heavy atom. The number of benzene rings is 2. The second-order valence-corrected chi connectivity index (χ2v) is 6.33. The van der Waals surface area contributed by atoms with Crippen molar-refractivity contribution in [1.82, 2.24) is 0 Å². The maximum atomic E-state index is 12.2. The minimum absolute atomic E-state index is 0.0527. The number of carbonyl (C=O) groups is 1. The summed E-state index contributed by atoms with van der Waals surface area (Å²) >= 11 is 5.83. The highest BCUT2D eigenvalue weighted by molar-refractivity contribution is 6.30. The van der Waals surface area contributed by atoms with Crippen LogP contribution in [0, 0.1) is 6.92 Å². The molecule has 132 valence electrons. The Labute approximate surface area is 152 Å². The van der Waals surface area contributed by atoms with Crippen LogP contribution in [-0.4, -0.2) is 38.8 Å². The lowest BCUT2D eigenvalue weighted by atomic mass is 10.1. The van der Waals surface area contributed by atoms with E-state index in [0.29, 0.717) is 10.8 Å². The van der Waals surface area contributed by atoms with Crippen LogP contribution in [0.2, 0.25) is 5.02 Å². The number of nitrogens with one attached hydrogen (secondary N) is 1. The highest BCUT2D eigenvalue weighted by Gasteiger charge is 2.13. The predicted octanol–water partition coefficient (Wildman–Crippen LogP) is 3.50. The number of ether oxygens (including phenoxy) is 2. The SMILES string of the molecule is Cc1ccc(N2CCOCC2)cc1NC(=O)COc1ccc(Cl)cc1. The average molecular weight is 361 g/mol. The highest BCUT2D eigenvalue weighted by Crippen LogP contribution is 2.24. The van der Waals surface area contributed by atoms with Crippen LogP contribution in [-0.2, 0) is 9.53 Å². The third-order valence-corrected chi connectivity index (χ3v) is 4.31. The van der Waals surface area contributed by atoms with Crippen molar-refractivity contribution in [1.29, 1.82) is 0 Å². The molecule has 0 atom stereocenters. The van der Waals surface area contributed by atoms with Crippen molar-refractivity contribution in [3.8, 4) is 5.75 Å². The first-order chi connectivity index (χ1) is 12.1.